The maximum Gasteiger partial charge on any atom is 0.294 e. The molecule has 31 heavy (non-hydrogen) atoms. The third kappa shape index (κ3) is 3.94. The topological polar surface area (TPSA) is 146 Å². The van der Waals surface area contributed by atoms with Crippen molar-refractivity contribution in [2.24, 2.45) is 5.10 Å². The molecule has 0 unspecified atom stereocenters. The van der Waals surface area contributed by atoms with Crippen molar-refractivity contribution in [3.05, 3.63) is 65.6 Å². The second-order valence-electron chi connectivity index (χ2n) is 6.12. The second kappa shape index (κ2) is 8.41. The smallest absolute Gasteiger partial charge is 0.294 e. The fourth-order valence-electron chi connectivity index (χ4n) is 2.74. The summed E-state index contributed by atoms with van der Waals surface area (Å²) in [4.78, 5) is 12.8. The lowest BCUT2D eigenvalue weighted by atomic mass is 10.1. The van der Waals surface area contributed by atoms with E-state index in [-0.39, 0.29) is 28.6 Å². The van der Waals surface area contributed by atoms with Crippen LogP contribution in [0.5, 0.6) is 5.75 Å². The Bertz CT molecular complexity index is 1270. The third-order valence-electron chi connectivity index (χ3n) is 4.20. The quantitative estimate of drug-likeness (QED) is 0.353. The number of hydrogen-bond donors (Lipinski definition) is 2. The molecule has 2 heterocycles. The zero-order valence-corrected chi connectivity index (χ0v) is 16.1. The number of nitrogens with zero attached hydrogens (tertiary/aromatic N) is 6. The molecule has 0 saturated carbocycles. The summed E-state index contributed by atoms with van der Waals surface area (Å²) >= 11 is 0. The first-order chi connectivity index (χ1) is 15.1. The fraction of sp³-hybridized carbons (Fsp3) is 0.0526. The Labute approximate surface area is 174 Å². The summed E-state index contributed by atoms with van der Waals surface area (Å²) in [7, 11) is 1.51. The van der Waals surface area contributed by atoms with Crippen molar-refractivity contribution in [2.75, 3.05) is 12.8 Å². The van der Waals surface area contributed by atoms with Gasteiger partial charge < -0.3 is 10.5 Å². The molecule has 156 valence electrons. The average Bonchev–Trinajstić information content (AvgIpc) is 3.41. The van der Waals surface area contributed by atoms with E-state index in [2.05, 4.69) is 35.8 Å². The molecule has 1 amide bonds. The van der Waals surface area contributed by atoms with Crippen LogP contribution in [-0.4, -0.2) is 44.5 Å². The lowest BCUT2D eigenvalue weighted by Gasteiger charge is -2.07. The van der Waals surface area contributed by atoms with Gasteiger partial charge in [0.05, 0.1) is 13.3 Å². The molecule has 0 aliphatic heterocycles. The number of methoxy groups -OCH3 is 1. The van der Waals surface area contributed by atoms with Crippen LogP contribution < -0.4 is 15.9 Å². The van der Waals surface area contributed by atoms with Crippen LogP contribution in [0.15, 0.2) is 58.3 Å². The molecule has 0 saturated heterocycles. The minimum Gasteiger partial charge on any atom is -0.497 e. The van der Waals surface area contributed by atoms with Crippen molar-refractivity contribution in [3.8, 4) is 22.8 Å². The Morgan fingerprint density at radius 1 is 1.26 bits per heavy atom. The predicted octanol–water partition coefficient (Wildman–Crippen LogP) is 1.81. The van der Waals surface area contributed by atoms with E-state index in [4.69, 9.17) is 10.5 Å². The summed E-state index contributed by atoms with van der Waals surface area (Å²) in [5.41, 5.74) is 9.01. The molecule has 0 atom stereocenters. The Balaban J connectivity index is 1.72. The summed E-state index contributed by atoms with van der Waals surface area (Å²) in [5, 5.41) is 18.9. The van der Waals surface area contributed by atoms with Gasteiger partial charge in [0.25, 0.3) is 5.91 Å². The maximum absolute atomic E-state index is 13.7. The normalized spacial score (nSPS) is 11.0. The van der Waals surface area contributed by atoms with Gasteiger partial charge in [-0.25, -0.2) is 14.4 Å². The minimum absolute atomic E-state index is 0.0430. The number of nitrogens with two attached hydrogens (primary N) is 1. The summed E-state index contributed by atoms with van der Waals surface area (Å²) in [6, 6.07) is 12.9. The van der Waals surface area contributed by atoms with Crippen LogP contribution in [0.1, 0.15) is 16.1 Å². The van der Waals surface area contributed by atoms with Crippen LogP contribution in [-0.2, 0) is 0 Å². The van der Waals surface area contributed by atoms with Crippen molar-refractivity contribution in [2.45, 2.75) is 0 Å². The summed E-state index contributed by atoms with van der Waals surface area (Å²) in [5.74, 6) is -0.609. The summed E-state index contributed by atoms with van der Waals surface area (Å²) < 4.78 is 24.8. The molecule has 0 aliphatic rings. The van der Waals surface area contributed by atoms with Gasteiger partial charge in [0.15, 0.2) is 5.69 Å². The van der Waals surface area contributed by atoms with Gasteiger partial charge in [0.1, 0.15) is 17.3 Å². The molecule has 0 spiro atoms. The van der Waals surface area contributed by atoms with Gasteiger partial charge in [-0.2, -0.15) is 9.78 Å². The summed E-state index contributed by atoms with van der Waals surface area (Å²) in [6.45, 7) is 0. The molecule has 12 heteroatoms. The Hall–Kier alpha value is -4.61. The largest absolute Gasteiger partial charge is 0.497 e. The number of aromatic nitrogens is 5. The number of carbonyl (C=O) groups excluding carboxylic acids is 1. The van der Waals surface area contributed by atoms with Crippen molar-refractivity contribution in [1.29, 1.82) is 0 Å². The Morgan fingerprint density at radius 2 is 2.10 bits per heavy atom. The van der Waals surface area contributed by atoms with Crippen molar-refractivity contribution < 1.29 is 18.6 Å². The molecule has 4 rings (SSSR count). The third-order valence-corrected chi connectivity index (χ3v) is 4.20. The number of nitrogens with one attached hydrogen (secondary N) is 1. The van der Waals surface area contributed by atoms with E-state index in [1.54, 1.807) is 36.4 Å². The van der Waals surface area contributed by atoms with Gasteiger partial charge in [-0.1, -0.05) is 35.5 Å². The number of anilines is 1. The molecule has 11 nitrogen and oxygen atoms in total. The van der Waals surface area contributed by atoms with Crippen molar-refractivity contribution >= 4 is 17.9 Å². The van der Waals surface area contributed by atoms with E-state index >= 15 is 0 Å². The number of ether oxygens (including phenoxy) is 1. The summed E-state index contributed by atoms with van der Waals surface area (Å²) in [6.07, 6.45) is 1.18. The molecular weight excluding hydrogens is 407 g/mol. The van der Waals surface area contributed by atoms with Gasteiger partial charge >= 0.3 is 0 Å². The van der Waals surface area contributed by atoms with E-state index in [1.807, 2.05) is 0 Å². The molecular formula is C19H15FN8O3. The SMILES string of the molecule is COc1cccc(-c2c(C(=O)NN=Cc3ccccc3F)nnn2-c2nonc2N)c1. The van der Waals surface area contributed by atoms with Crippen LogP contribution in [0.25, 0.3) is 17.1 Å². The van der Waals surface area contributed by atoms with Crippen LogP contribution in [0.2, 0.25) is 0 Å². The van der Waals surface area contributed by atoms with Gasteiger partial charge in [-0.3, -0.25) is 4.79 Å². The first-order valence-electron chi connectivity index (χ1n) is 8.85. The zero-order valence-electron chi connectivity index (χ0n) is 16.1. The number of carbonyl (C=O) groups is 1. The molecule has 0 bridgehead atoms. The number of rotatable bonds is 6. The van der Waals surface area contributed by atoms with Crippen LogP contribution in [0.4, 0.5) is 10.2 Å². The molecule has 0 radical (unpaired) electrons. The molecule has 0 aliphatic carbocycles. The Morgan fingerprint density at radius 3 is 2.84 bits per heavy atom. The first kappa shape index (κ1) is 19.7. The second-order valence-corrected chi connectivity index (χ2v) is 6.12. The van der Waals surface area contributed by atoms with Crippen LogP contribution in [0, 0.1) is 5.82 Å². The van der Waals surface area contributed by atoms with Crippen LogP contribution >= 0.6 is 0 Å². The average molecular weight is 422 g/mol. The lowest BCUT2D eigenvalue weighted by Crippen LogP contribution is -2.19. The van der Waals surface area contributed by atoms with Crippen LogP contribution in [0.3, 0.4) is 0 Å². The van der Waals surface area contributed by atoms with Gasteiger partial charge in [-0.15, -0.1) is 5.10 Å². The highest BCUT2D eigenvalue weighted by Crippen LogP contribution is 2.28. The monoisotopic (exact) mass is 422 g/mol. The zero-order chi connectivity index (χ0) is 21.8. The highest BCUT2D eigenvalue weighted by atomic mass is 19.1. The molecule has 4 aromatic rings. The highest BCUT2D eigenvalue weighted by molar-refractivity contribution is 5.99. The molecule has 2 aromatic carbocycles. The van der Waals surface area contributed by atoms with Crippen molar-refractivity contribution in [3.63, 3.8) is 0 Å². The number of benzene rings is 2. The van der Waals surface area contributed by atoms with Gasteiger partial charge in [0.2, 0.25) is 11.6 Å². The minimum atomic E-state index is -0.688. The predicted molar refractivity (Wildman–Crippen MR) is 107 cm³/mol. The van der Waals surface area contributed by atoms with E-state index in [9.17, 15) is 9.18 Å². The van der Waals surface area contributed by atoms with E-state index in [0.717, 1.165) is 0 Å². The number of nitrogen functional groups attached to an aromatic ring is 1. The number of hydrazone groups is 1. The fourth-order valence-corrected chi connectivity index (χ4v) is 2.74. The Kier molecular flexibility index (Phi) is 5.34. The molecule has 0 fully saturated rings. The first-order valence-corrected chi connectivity index (χ1v) is 8.85. The molecule has 3 N–H and O–H groups in total. The van der Waals surface area contributed by atoms with E-state index < -0.39 is 11.7 Å². The van der Waals surface area contributed by atoms with E-state index in [1.165, 1.54) is 30.1 Å². The maximum atomic E-state index is 13.7. The number of halogens is 1. The lowest BCUT2D eigenvalue weighted by molar-refractivity contribution is 0.0950. The van der Waals surface area contributed by atoms with E-state index in [0.29, 0.717) is 11.3 Å². The standard InChI is InChI=1S/C19H15FN8O3/c1-30-13-7-4-6-11(9-13)16-15(23-27-28(16)18-17(21)25-31-26-18)19(29)24-22-10-12-5-2-3-8-14(12)20/h2-10H,1H3,(H2,21,25)(H,24,29). The highest BCUT2D eigenvalue weighted by Gasteiger charge is 2.25. The molecule has 2 aromatic heterocycles. The van der Waals surface area contributed by atoms with Crippen molar-refractivity contribution in [1.82, 2.24) is 30.7 Å². The number of amides is 1. The number of hydrogen-bond acceptors (Lipinski definition) is 9. The van der Waals surface area contributed by atoms with Gasteiger partial charge in [-0.05, 0) is 28.5 Å². The van der Waals surface area contributed by atoms with Gasteiger partial charge in [0, 0.05) is 11.1 Å².